The smallest absolute Gasteiger partial charge is 0.417 e. The maximum atomic E-state index is 13.3. The number of sulfonamides is 2. The van der Waals surface area contributed by atoms with Crippen LogP contribution in [0.2, 0.25) is 20.1 Å². The van der Waals surface area contributed by atoms with Gasteiger partial charge in [0.1, 0.15) is 13.2 Å². The molecule has 1 amide bonds. The molecular weight excluding hydrogens is 1070 g/mol. The van der Waals surface area contributed by atoms with Crippen LogP contribution in [-0.4, -0.2) is 80.1 Å². The zero-order valence-corrected chi connectivity index (χ0v) is 38.8. The van der Waals surface area contributed by atoms with Crippen LogP contribution in [0.25, 0.3) is 0 Å². The van der Waals surface area contributed by atoms with Gasteiger partial charge in [0.25, 0.3) is 26.0 Å². The van der Waals surface area contributed by atoms with Gasteiger partial charge in [-0.3, -0.25) is 19.1 Å². The minimum atomic E-state index is -4.88. The Morgan fingerprint density at radius 3 is 1.67 bits per heavy atom. The van der Waals surface area contributed by atoms with E-state index in [1.165, 1.54) is 11.1 Å². The molecule has 0 radical (unpaired) electrons. The number of halogens is 10. The zero-order chi connectivity index (χ0) is 50.5. The summed E-state index contributed by atoms with van der Waals surface area (Å²) in [6.07, 6.45) is -4.43. The highest BCUT2D eigenvalue weighted by atomic mass is 35.5. The van der Waals surface area contributed by atoms with Crippen molar-refractivity contribution < 1.29 is 67.3 Å². The fourth-order valence-corrected chi connectivity index (χ4v) is 8.84. The summed E-state index contributed by atoms with van der Waals surface area (Å²) in [6.45, 7) is 1.85. The molecule has 6 aromatic rings. The largest absolute Gasteiger partial charge is 0.488 e. The number of nitrogens with zero attached hydrogens (tertiary/aromatic N) is 5. The number of alkyl halides is 6. The molecule has 70 heavy (non-hydrogen) atoms. The minimum absolute atomic E-state index is 0. The Labute approximate surface area is 413 Å². The van der Waals surface area contributed by atoms with Gasteiger partial charge in [0.15, 0.2) is 34.5 Å². The van der Waals surface area contributed by atoms with Crippen LogP contribution in [0, 0.1) is 0 Å². The van der Waals surface area contributed by atoms with E-state index in [1.54, 1.807) is 18.3 Å². The Balaban J connectivity index is 0.000000221. The minimum Gasteiger partial charge on any atom is -0.488 e. The van der Waals surface area contributed by atoms with E-state index in [-0.39, 0.29) is 47.8 Å². The molecule has 0 aliphatic carbocycles. The van der Waals surface area contributed by atoms with Gasteiger partial charge in [-0.1, -0.05) is 53.8 Å². The molecule has 4 aromatic heterocycles. The van der Waals surface area contributed by atoms with Crippen molar-refractivity contribution in [2.45, 2.75) is 29.6 Å². The second-order valence-corrected chi connectivity index (χ2v) is 18.7. The van der Waals surface area contributed by atoms with Crippen molar-refractivity contribution in [3.8, 4) is 11.5 Å². The van der Waals surface area contributed by atoms with Crippen LogP contribution in [-0.2, 0) is 32.4 Å². The molecule has 0 atom stereocenters. The van der Waals surface area contributed by atoms with Gasteiger partial charge in [-0.15, -0.1) is 0 Å². The summed E-state index contributed by atoms with van der Waals surface area (Å²) in [4.78, 5) is 39.7. The van der Waals surface area contributed by atoms with Gasteiger partial charge in [0.05, 0.1) is 65.5 Å². The van der Waals surface area contributed by atoms with Gasteiger partial charge < -0.3 is 19.9 Å². The number of carbonyl (C=O) groups excluding carboxylic acids is 1. The second kappa shape index (κ2) is 22.1. The molecule has 0 fully saturated rings. The number of fused-ring (bicyclic) bond motifs is 2. The first-order valence-corrected chi connectivity index (χ1v) is 23.4. The number of hydrogen-bond donors (Lipinski definition) is 4. The topological polar surface area (TPSA) is 232 Å². The summed E-state index contributed by atoms with van der Waals surface area (Å²) in [7, 11) is -9.15. The van der Waals surface area contributed by atoms with Crippen LogP contribution in [0.5, 0.6) is 11.5 Å². The number of anilines is 4. The highest BCUT2D eigenvalue weighted by Gasteiger charge is 2.37. The highest BCUT2D eigenvalue weighted by Crippen LogP contribution is 2.38. The molecule has 0 saturated heterocycles. The lowest BCUT2D eigenvalue weighted by Crippen LogP contribution is -2.39. The van der Waals surface area contributed by atoms with Gasteiger partial charge in [0.2, 0.25) is 0 Å². The van der Waals surface area contributed by atoms with Crippen LogP contribution >= 0.6 is 46.4 Å². The number of aromatic nitrogens is 4. The summed E-state index contributed by atoms with van der Waals surface area (Å²) in [5, 5.41) is 10.7. The van der Waals surface area contributed by atoms with E-state index in [9.17, 15) is 52.8 Å². The Morgan fingerprint density at radius 1 is 0.671 bits per heavy atom. The number of amides is 1. The number of benzene rings is 2. The standard InChI is InChI=1S/C20H13Cl2F3N4O4S.C13H7Cl2F3N2O4S.C7H8N2O.CH4/c21-11-8-15(28-34(31,32)12-3-4-14(22)13(9-12)20(23,24)25)17(27-10-11)19(30)29-6-7-33-16-2-1-5-26-18(16)29;14-6-3-10(11(12(21)22)19-5-6)20-25(23,24)7-1-2-9(15)8(4-7)13(16,17)18;1-2-6-7(8-3-1)9-4-5-10-6;/h1-5,8-10,28H,6-7H2;1-5,20H,(H,21,22);1-3H,4-5H2,(H,8,9);1H4. The van der Waals surface area contributed by atoms with Gasteiger partial charge >= 0.3 is 18.3 Å². The first kappa shape index (κ1) is 54.6. The molecule has 0 spiro atoms. The van der Waals surface area contributed by atoms with E-state index in [0.29, 0.717) is 17.9 Å². The van der Waals surface area contributed by atoms with E-state index >= 15 is 0 Å². The van der Waals surface area contributed by atoms with Crippen LogP contribution in [0.15, 0.2) is 107 Å². The van der Waals surface area contributed by atoms with Crippen molar-refractivity contribution in [3.05, 3.63) is 140 Å². The molecule has 372 valence electrons. The number of carboxylic acids is 1. The summed E-state index contributed by atoms with van der Waals surface area (Å²) in [5.74, 6) is -0.00970. The average Bonchev–Trinajstić information content (AvgIpc) is 3.28. The van der Waals surface area contributed by atoms with Crippen LogP contribution < -0.4 is 29.1 Å². The van der Waals surface area contributed by atoms with Gasteiger partial charge in [-0.2, -0.15) is 26.3 Å². The van der Waals surface area contributed by atoms with Crippen molar-refractivity contribution in [2.24, 2.45) is 0 Å². The predicted molar refractivity (Wildman–Crippen MR) is 246 cm³/mol. The number of ether oxygens (including phenoxy) is 2. The van der Waals surface area contributed by atoms with E-state index < -0.39 is 86.6 Å². The summed E-state index contributed by atoms with van der Waals surface area (Å²) in [5.41, 5.74) is -4.50. The van der Waals surface area contributed by atoms with Crippen molar-refractivity contribution in [3.63, 3.8) is 0 Å². The third-order valence-electron chi connectivity index (χ3n) is 8.96. The molecule has 6 heterocycles. The van der Waals surface area contributed by atoms with E-state index in [4.69, 9.17) is 61.0 Å². The lowest BCUT2D eigenvalue weighted by atomic mass is 10.2. The predicted octanol–water partition coefficient (Wildman–Crippen LogP) is 10.1. The molecule has 2 aromatic carbocycles. The molecule has 0 unspecified atom stereocenters. The summed E-state index contributed by atoms with van der Waals surface area (Å²) < 4.78 is 143. The number of aromatic carboxylic acids is 1. The van der Waals surface area contributed by atoms with Crippen molar-refractivity contribution in [2.75, 3.05) is 46.0 Å². The second-order valence-electron chi connectivity index (χ2n) is 13.7. The Hall–Kier alpha value is -6.38. The van der Waals surface area contributed by atoms with Crippen molar-refractivity contribution in [1.29, 1.82) is 0 Å². The van der Waals surface area contributed by atoms with Crippen molar-refractivity contribution >= 4 is 101 Å². The fraction of sp³-hybridized carbons (Fsp3) is 0.171. The average molecular weight is 1100 g/mol. The molecule has 17 nitrogen and oxygen atoms in total. The highest BCUT2D eigenvalue weighted by molar-refractivity contribution is 7.93. The molecule has 0 saturated carbocycles. The van der Waals surface area contributed by atoms with Crippen LogP contribution in [0.3, 0.4) is 0 Å². The van der Waals surface area contributed by atoms with Gasteiger partial charge in [-0.05, 0) is 72.8 Å². The third-order valence-corrected chi connectivity index (χ3v) is 12.8. The first-order chi connectivity index (χ1) is 32.4. The first-order valence-electron chi connectivity index (χ1n) is 18.9. The number of carboxylic acid groups (broad SMARTS) is 1. The van der Waals surface area contributed by atoms with E-state index in [0.717, 1.165) is 73.5 Å². The Kier molecular flexibility index (Phi) is 17.3. The molecular formula is C41H32Cl4F6N8O9S2. The van der Waals surface area contributed by atoms with Crippen molar-refractivity contribution in [1.82, 2.24) is 19.9 Å². The molecule has 2 aliphatic rings. The number of carbonyl (C=O) groups is 2. The molecule has 0 bridgehead atoms. The summed E-state index contributed by atoms with van der Waals surface area (Å²) >= 11 is 22.6. The van der Waals surface area contributed by atoms with E-state index in [2.05, 4.69) is 30.0 Å². The number of nitrogens with one attached hydrogen (secondary N) is 3. The maximum Gasteiger partial charge on any atom is 0.417 e. The molecule has 29 heteroatoms. The third kappa shape index (κ3) is 13.3. The van der Waals surface area contributed by atoms with Crippen LogP contribution in [0.4, 0.5) is 49.4 Å². The van der Waals surface area contributed by atoms with Crippen LogP contribution in [0.1, 0.15) is 39.5 Å². The number of rotatable bonds is 8. The Morgan fingerprint density at radius 2 is 1.16 bits per heavy atom. The maximum absolute atomic E-state index is 13.3. The molecule has 2 aliphatic heterocycles. The fourth-order valence-electron chi connectivity index (χ4n) is 5.91. The van der Waals surface area contributed by atoms with Gasteiger partial charge in [0, 0.05) is 24.8 Å². The zero-order valence-electron chi connectivity index (χ0n) is 34.1. The van der Waals surface area contributed by atoms with Gasteiger partial charge in [-0.25, -0.2) is 41.6 Å². The van der Waals surface area contributed by atoms with E-state index in [1.807, 2.05) is 16.9 Å². The lowest BCUT2D eigenvalue weighted by Gasteiger charge is -2.28. The number of hydrogen-bond acceptors (Lipinski definition) is 13. The molecule has 4 N–H and O–H groups in total. The monoisotopic (exact) mass is 1100 g/mol. The lowest BCUT2D eigenvalue weighted by molar-refractivity contribution is -0.138. The quantitative estimate of drug-likeness (QED) is 0.104. The number of pyridine rings is 4. The summed E-state index contributed by atoms with van der Waals surface area (Å²) in [6, 6.07) is 13.2. The normalized spacial score (nSPS) is 13.1. The Bertz CT molecular complexity index is 3140. The molecule has 8 rings (SSSR count). The SMILES string of the molecule is C.O=C(O)c1ncc(Cl)cc1NS(=O)(=O)c1ccc(Cl)c(C(F)(F)F)c1.O=C(c1ncc(Cl)cc1NS(=O)(=O)c1ccc(Cl)c(C(F)(F)F)c1)N1CCOc2cccnc21.c1cnc2c(c1)OCCN2.